The minimum atomic E-state index is -0.525. The van der Waals surface area contributed by atoms with Crippen LogP contribution in [-0.4, -0.2) is 37.0 Å². The highest BCUT2D eigenvalue weighted by Gasteiger charge is 2.13. The molecule has 1 atom stereocenters. The smallest absolute Gasteiger partial charge is 0.306 e. The fraction of sp³-hybridized carbons (Fsp3) is 0.897. The highest BCUT2D eigenvalue weighted by molar-refractivity contribution is 5.69. The van der Waals surface area contributed by atoms with E-state index in [0.29, 0.717) is 19.6 Å². The van der Waals surface area contributed by atoms with E-state index in [1.807, 2.05) is 0 Å². The van der Waals surface area contributed by atoms with Crippen molar-refractivity contribution < 1.29 is 19.4 Å². The Morgan fingerprint density at radius 1 is 0.697 bits per heavy atom. The van der Waals surface area contributed by atoms with Gasteiger partial charge in [0.2, 0.25) is 0 Å². The molecule has 0 spiro atoms. The van der Waals surface area contributed by atoms with E-state index < -0.39 is 6.10 Å². The lowest BCUT2D eigenvalue weighted by atomic mass is 10.1. The minimum absolute atomic E-state index is 0.172. The van der Waals surface area contributed by atoms with Crippen LogP contribution in [0.3, 0.4) is 0 Å². The van der Waals surface area contributed by atoms with Crippen molar-refractivity contribution in [2.24, 2.45) is 0 Å². The van der Waals surface area contributed by atoms with Crippen molar-refractivity contribution in [1.29, 1.82) is 0 Å². The van der Waals surface area contributed by atoms with Crippen molar-refractivity contribution in [3.05, 3.63) is 12.2 Å². The molecule has 196 valence electrons. The number of rotatable bonds is 26. The van der Waals surface area contributed by atoms with E-state index in [0.717, 1.165) is 32.1 Å². The third-order valence-electron chi connectivity index (χ3n) is 6.09. The van der Waals surface area contributed by atoms with E-state index in [-0.39, 0.29) is 12.6 Å². The Kier molecular flexibility index (Phi) is 26.7. The van der Waals surface area contributed by atoms with Crippen LogP contribution in [0.4, 0.5) is 0 Å². The number of carbonyl (C=O) groups is 1. The van der Waals surface area contributed by atoms with Crippen LogP contribution in [0.15, 0.2) is 12.2 Å². The molecule has 4 nitrogen and oxygen atoms in total. The summed E-state index contributed by atoms with van der Waals surface area (Å²) in [6.07, 6.45) is 28.4. The summed E-state index contributed by atoms with van der Waals surface area (Å²) in [4.78, 5) is 11.8. The van der Waals surface area contributed by atoms with Gasteiger partial charge in [-0.25, -0.2) is 0 Å². The molecule has 0 saturated heterocycles. The molecule has 4 heteroatoms. The predicted molar refractivity (Wildman–Crippen MR) is 141 cm³/mol. The number of carbonyl (C=O) groups excluding carboxylic acids is 1. The summed E-state index contributed by atoms with van der Waals surface area (Å²) in [7, 11) is 0. The van der Waals surface area contributed by atoms with Crippen LogP contribution in [0.5, 0.6) is 0 Å². The van der Waals surface area contributed by atoms with Crippen LogP contribution < -0.4 is 0 Å². The minimum Gasteiger partial charge on any atom is -0.457 e. The SMILES string of the molecule is CCCCCCCCC/C=C\CCCCCCCCOCC(CO)OC(=O)CCCCCC. The predicted octanol–water partition coefficient (Wildman–Crippen LogP) is 8.31. The number of unbranched alkanes of at least 4 members (excludes halogenated alkanes) is 16. The molecule has 0 bridgehead atoms. The number of hydrogen-bond donors (Lipinski definition) is 1. The highest BCUT2D eigenvalue weighted by atomic mass is 16.6. The molecule has 0 saturated carbocycles. The highest BCUT2D eigenvalue weighted by Crippen LogP contribution is 2.11. The van der Waals surface area contributed by atoms with Crippen molar-refractivity contribution >= 4 is 5.97 Å². The second-order valence-corrected chi connectivity index (χ2v) is 9.47. The van der Waals surface area contributed by atoms with Gasteiger partial charge < -0.3 is 14.6 Å². The van der Waals surface area contributed by atoms with Gasteiger partial charge in [-0.15, -0.1) is 0 Å². The molecule has 0 rings (SSSR count). The molecule has 0 aromatic carbocycles. The summed E-state index contributed by atoms with van der Waals surface area (Å²) >= 11 is 0. The largest absolute Gasteiger partial charge is 0.457 e. The molecule has 0 aromatic rings. The van der Waals surface area contributed by atoms with Crippen LogP contribution in [0.1, 0.15) is 142 Å². The number of aliphatic hydroxyl groups is 1. The second-order valence-electron chi connectivity index (χ2n) is 9.47. The Labute approximate surface area is 205 Å². The Bertz CT molecular complexity index is 422. The summed E-state index contributed by atoms with van der Waals surface area (Å²) in [5.74, 6) is -0.221. The maximum atomic E-state index is 11.8. The molecule has 0 amide bonds. The normalized spacial score (nSPS) is 12.5. The van der Waals surface area contributed by atoms with Crippen molar-refractivity contribution in [3.63, 3.8) is 0 Å². The molecule has 0 aliphatic rings. The van der Waals surface area contributed by atoms with E-state index in [1.54, 1.807) is 0 Å². The molecule has 1 N–H and O–H groups in total. The summed E-state index contributed by atoms with van der Waals surface area (Å²) in [5, 5.41) is 9.37. The Morgan fingerprint density at radius 3 is 1.73 bits per heavy atom. The maximum absolute atomic E-state index is 11.8. The third-order valence-corrected chi connectivity index (χ3v) is 6.09. The zero-order chi connectivity index (χ0) is 24.2. The summed E-state index contributed by atoms with van der Waals surface area (Å²) in [6, 6.07) is 0. The van der Waals surface area contributed by atoms with Crippen molar-refractivity contribution in [2.75, 3.05) is 19.8 Å². The van der Waals surface area contributed by atoms with Crippen molar-refractivity contribution in [3.8, 4) is 0 Å². The average Bonchev–Trinajstić information content (AvgIpc) is 2.82. The molecule has 0 aromatic heterocycles. The summed E-state index contributed by atoms with van der Waals surface area (Å²) < 4.78 is 10.9. The lowest BCUT2D eigenvalue weighted by Gasteiger charge is -2.15. The molecular formula is C29H56O4. The fourth-order valence-corrected chi connectivity index (χ4v) is 3.91. The number of ether oxygens (including phenoxy) is 2. The first-order valence-corrected chi connectivity index (χ1v) is 14.3. The number of hydrogen-bond acceptors (Lipinski definition) is 4. The van der Waals surface area contributed by atoms with Gasteiger partial charge in [-0.05, 0) is 38.5 Å². The van der Waals surface area contributed by atoms with Crippen LogP contribution in [0.25, 0.3) is 0 Å². The Balaban J connectivity index is 3.37. The molecule has 33 heavy (non-hydrogen) atoms. The molecule has 0 fully saturated rings. The average molecular weight is 469 g/mol. The molecule has 1 unspecified atom stereocenters. The molecule has 0 heterocycles. The molecule has 0 aliphatic carbocycles. The van der Waals surface area contributed by atoms with Crippen LogP contribution >= 0.6 is 0 Å². The molecule has 0 radical (unpaired) electrons. The van der Waals surface area contributed by atoms with Crippen molar-refractivity contribution in [1.82, 2.24) is 0 Å². The first kappa shape index (κ1) is 32.1. The molecule has 0 aliphatic heterocycles. The van der Waals surface area contributed by atoms with Crippen LogP contribution in [-0.2, 0) is 14.3 Å². The zero-order valence-corrected chi connectivity index (χ0v) is 22.2. The fourth-order valence-electron chi connectivity index (χ4n) is 3.91. The van der Waals surface area contributed by atoms with Gasteiger partial charge in [-0.2, -0.15) is 0 Å². The van der Waals surface area contributed by atoms with E-state index in [2.05, 4.69) is 26.0 Å². The lowest BCUT2D eigenvalue weighted by Crippen LogP contribution is -2.27. The number of aliphatic hydroxyl groups excluding tert-OH is 1. The van der Waals surface area contributed by atoms with Gasteiger partial charge in [-0.1, -0.05) is 109 Å². The van der Waals surface area contributed by atoms with Gasteiger partial charge in [0, 0.05) is 13.0 Å². The summed E-state index contributed by atoms with van der Waals surface area (Å²) in [5.41, 5.74) is 0. The van der Waals surface area contributed by atoms with Crippen LogP contribution in [0, 0.1) is 0 Å². The zero-order valence-electron chi connectivity index (χ0n) is 22.2. The van der Waals surface area contributed by atoms with Gasteiger partial charge in [-0.3, -0.25) is 4.79 Å². The van der Waals surface area contributed by atoms with Gasteiger partial charge in [0.05, 0.1) is 13.2 Å². The first-order chi connectivity index (χ1) is 16.2. The van der Waals surface area contributed by atoms with Crippen molar-refractivity contribution in [2.45, 2.75) is 148 Å². The Hall–Kier alpha value is -0.870. The summed E-state index contributed by atoms with van der Waals surface area (Å²) in [6.45, 7) is 5.22. The second kappa shape index (κ2) is 27.4. The van der Waals surface area contributed by atoms with E-state index in [4.69, 9.17) is 9.47 Å². The van der Waals surface area contributed by atoms with Gasteiger partial charge in [0.15, 0.2) is 0 Å². The molecular weight excluding hydrogens is 412 g/mol. The topological polar surface area (TPSA) is 55.8 Å². The van der Waals surface area contributed by atoms with E-state index in [9.17, 15) is 9.90 Å². The van der Waals surface area contributed by atoms with Gasteiger partial charge >= 0.3 is 5.97 Å². The number of esters is 1. The quantitative estimate of drug-likeness (QED) is 0.0787. The van der Waals surface area contributed by atoms with Gasteiger partial charge in [0.1, 0.15) is 6.10 Å². The Morgan fingerprint density at radius 2 is 1.18 bits per heavy atom. The van der Waals surface area contributed by atoms with Gasteiger partial charge in [0.25, 0.3) is 0 Å². The lowest BCUT2D eigenvalue weighted by molar-refractivity contribution is -0.154. The monoisotopic (exact) mass is 468 g/mol. The maximum Gasteiger partial charge on any atom is 0.306 e. The van der Waals surface area contributed by atoms with Crippen LogP contribution in [0.2, 0.25) is 0 Å². The number of allylic oxidation sites excluding steroid dienone is 2. The standard InChI is InChI=1S/C29H56O4/c1-3-5-7-9-10-11-12-13-14-15-16-17-18-19-20-21-23-25-32-27-28(26-30)33-29(31)24-22-8-6-4-2/h14-15,28,30H,3-13,16-27H2,1-2H3/b15-14-. The first-order valence-electron chi connectivity index (χ1n) is 14.3. The third kappa shape index (κ3) is 25.6. The van der Waals surface area contributed by atoms with E-state index in [1.165, 1.54) is 89.9 Å². The van der Waals surface area contributed by atoms with E-state index >= 15 is 0 Å².